The van der Waals surface area contributed by atoms with Crippen LogP contribution in [0.5, 0.6) is 0 Å². The Morgan fingerprint density at radius 3 is 2.16 bits per heavy atom. The zero-order chi connectivity index (χ0) is 30.2. The summed E-state index contributed by atoms with van der Waals surface area (Å²) >= 11 is 0. The topological polar surface area (TPSA) is 4.93 Å². The second-order valence-electron chi connectivity index (χ2n) is 12.7. The van der Waals surface area contributed by atoms with E-state index in [-0.39, 0.29) is 5.54 Å². The van der Waals surface area contributed by atoms with Crippen LogP contribution in [0, 0.1) is 19.1 Å². The smallest absolute Gasteiger partial charge is 0.0680 e. The molecule has 214 valence electrons. The van der Waals surface area contributed by atoms with E-state index in [2.05, 4.69) is 164 Å². The van der Waals surface area contributed by atoms with E-state index in [1.165, 1.54) is 66.1 Å². The maximum absolute atomic E-state index is 3.54. The molecule has 0 fully saturated rings. The molecule has 9 rings (SSSR count). The highest BCUT2D eigenvalue weighted by Gasteiger charge is 2.50. The fourth-order valence-electron chi connectivity index (χ4n) is 8.72. The van der Waals surface area contributed by atoms with Crippen LogP contribution in [-0.2, 0) is 11.0 Å². The molecule has 0 radical (unpaired) electrons. The summed E-state index contributed by atoms with van der Waals surface area (Å²) in [5, 5.41) is 4.94. The predicted molar refractivity (Wildman–Crippen MR) is 188 cm³/mol. The van der Waals surface area contributed by atoms with Gasteiger partial charge in [0, 0.05) is 5.39 Å². The Kier molecular flexibility index (Phi) is 5.56. The lowest BCUT2D eigenvalue weighted by Gasteiger charge is -2.44. The van der Waals surface area contributed by atoms with Crippen LogP contribution in [0.4, 0.5) is 0 Å². The average molecular weight is 576 g/mol. The van der Waals surface area contributed by atoms with Gasteiger partial charge in [-0.15, -0.1) is 0 Å². The van der Waals surface area contributed by atoms with E-state index in [1.54, 1.807) is 0 Å². The van der Waals surface area contributed by atoms with Gasteiger partial charge in [0.25, 0.3) is 0 Å². The molecule has 7 aromatic rings. The normalized spacial score (nSPS) is 18.1. The SMILES string of the molecule is CC[C@]1(n2c3ccc#cc3c3c4ccccc4ccc32)C=CC=C(C2(c3ccccc3C)c3ccccc3-c3ccccc32)C1. The molecule has 1 nitrogen and oxygen atoms in total. The van der Waals surface area contributed by atoms with Crippen LogP contribution in [-0.4, -0.2) is 4.57 Å². The Labute approximate surface area is 264 Å². The van der Waals surface area contributed by atoms with Crippen molar-refractivity contribution in [2.45, 2.75) is 37.6 Å². The van der Waals surface area contributed by atoms with Crippen molar-refractivity contribution in [1.29, 1.82) is 0 Å². The van der Waals surface area contributed by atoms with E-state index in [1.807, 2.05) is 6.07 Å². The highest BCUT2D eigenvalue weighted by molar-refractivity contribution is 6.20. The molecule has 45 heavy (non-hydrogen) atoms. The molecule has 1 heterocycles. The molecular formula is C44H33N. The van der Waals surface area contributed by atoms with Crippen LogP contribution < -0.4 is 0 Å². The third-order valence-corrected chi connectivity index (χ3v) is 10.7. The van der Waals surface area contributed by atoms with Crippen molar-refractivity contribution in [3.63, 3.8) is 0 Å². The predicted octanol–water partition coefficient (Wildman–Crippen LogP) is 10.9. The van der Waals surface area contributed by atoms with Crippen LogP contribution in [0.3, 0.4) is 0 Å². The van der Waals surface area contributed by atoms with Gasteiger partial charge in [0.2, 0.25) is 0 Å². The molecule has 6 aromatic carbocycles. The van der Waals surface area contributed by atoms with Crippen molar-refractivity contribution in [3.05, 3.63) is 180 Å². The summed E-state index contributed by atoms with van der Waals surface area (Å²) < 4.78 is 2.62. The standard InChI is InChI=1S/C44H33N/c1-3-43(45-40-25-13-9-21-36(40)42-33-18-6-5-16-31(33)26-27-41(42)45)28-14-17-32(29-43)44(37-22-10-4-15-30(37)2)38-23-11-7-19-34(38)35-20-8-12-24-39(35)44/h4-8,10-20,22-28H,3,29H2,1-2H3/t43-/m0/s1. The van der Waals surface area contributed by atoms with E-state index in [9.17, 15) is 0 Å². The minimum atomic E-state index is -0.394. The molecular weight excluding hydrogens is 542 g/mol. The minimum absolute atomic E-state index is 0.274. The Bertz CT molecular complexity index is 2320. The molecule has 0 saturated heterocycles. The van der Waals surface area contributed by atoms with E-state index >= 15 is 0 Å². The Morgan fingerprint density at radius 1 is 0.711 bits per heavy atom. The van der Waals surface area contributed by atoms with Crippen molar-refractivity contribution >= 4 is 32.6 Å². The zero-order valence-corrected chi connectivity index (χ0v) is 25.6. The summed E-state index contributed by atoms with van der Waals surface area (Å²) in [6.07, 6.45) is 9.06. The Morgan fingerprint density at radius 2 is 1.40 bits per heavy atom. The number of rotatable bonds is 4. The fourth-order valence-corrected chi connectivity index (χ4v) is 8.72. The van der Waals surface area contributed by atoms with Crippen LogP contribution in [0.1, 0.15) is 42.0 Å². The minimum Gasteiger partial charge on any atom is -0.330 e. The molecule has 1 heteroatoms. The van der Waals surface area contributed by atoms with Crippen molar-refractivity contribution in [2.24, 2.45) is 0 Å². The first-order valence-corrected chi connectivity index (χ1v) is 16.1. The van der Waals surface area contributed by atoms with Crippen molar-refractivity contribution in [3.8, 4) is 11.1 Å². The first-order chi connectivity index (χ1) is 22.2. The third kappa shape index (κ3) is 3.40. The van der Waals surface area contributed by atoms with Crippen LogP contribution >= 0.6 is 0 Å². The zero-order valence-electron chi connectivity index (χ0n) is 25.6. The number of hydrogen-bond acceptors (Lipinski definition) is 0. The van der Waals surface area contributed by atoms with E-state index < -0.39 is 5.41 Å². The number of nitrogens with zero attached hydrogens (tertiary/aromatic N) is 1. The lowest BCUT2D eigenvalue weighted by molar-refractivity contribution is 0.358. The van der Waals surface area contributed by atoms with Crippen molar-refractivity contribution < 1.29 is 0 Å². The van der Waals surface area contributed by atoms with E-state index in [0.29, 0.717) is 0 Å². The molecule has 0 unspecified atom stereocenters. The molecule has 0 bridgehead atoms. The second-order valence-corrected chi connectivity index (χ2v) is 12.7. The molecule has 0 saturated carbocycles. The summed E-state index contributed by atoms with van der Waals surface area (Å²) in [6, 6.07) is 51.6. The molecule has 0 N–H and O–H groups in total. The lowest BCUT2D eigenvalue weighted by atomic mass is 9.62. The molecule has 0 aliphatic heterocycles. The Hall–Kier alpha value is -5.32. The average Bonchev–Trinajstić information content (AvgIpc) is 3.60. The number of aromatic nitrogens is 1. The van der Waals surface area contributed by atoms with E-state index in [4.69, 9.17) is 0 Å². The van der Waals surface area contributed by atoms with Crippen LogP contribution in [0.15, 0.2) is 145 Å². The van der Waals surface area contributed by atoms with Gasteiger partial charge in [0.05, 0.1) is 27.4 Å². The van der Waals surface area contributed by atoms with Gasteiger partial charge < -0.3 is 4.57 Å². The molecule has 1 atom stereocenters. The maximum atomic E-state index is 3.54. The summed E-state index contributed by atoms with van der Waals surface area (Å²) in [4.78, 5) is 0. The largest absolute Gasteiger partial charge is 0.330 e. The van der Waals surface area contributed by atoms with Crippen molar-refractivity contribution in [2.75, 3.05) is 0 Å². The van der Waals surface area contributed by atoms with Gasteiger partial charge >= 0.3 is 0 Å². The fraction of sp³-hybridized carbons (Fsp3) is 0.136. The van der Waals surface area contributed by atoms with Gasteiger partial charge in [0.15, 0.2) is 0 Å². The molecule has 0 spiro atoms. The quantitative estimate of drug-likeness (QED) is 0.197. The molecule has 2 aliphatic carbocycles. The highest BCUT2D eigenvalue weighted by Crippen LogP contribution is 2.59. The summed E-state index contributed by atoms with van der Waals surface area (Å²) in [6.45, 7) is 4.62. The first kappa shape index (κ1) is 26.1. The van der Waals surface area contributed by atoms with Gasteiger partial charge in [-0.25, -0.2) is 0 Å². The van der Waals surface area contributed by atoms with Gasteiger partial charge in [-0.05, 0) is 87.7 Å². The summed E-state index contributed by atoms with van der Waals surface area (Å²) in [5.74, 6) is 0. The van der Waals surface area contributed by atoms with Gasteiger partial charge in [0.1, 0.15) is 0 Å². The van der Waals surface area contributed by atoms with E-state index in [0.717, 1.165) is 18.2 Å². The summed E-state index contributed by atoms with van der Waals surface area (Å²) in [7, 11) is 0. The molecule has 1 aromatic heterocycles. The molecule has 0 amide bonds. The Balaban J connectivity index is 1.35. The number of aryl methyl sites for hydroxylation is 1. The first-order valence-electron chi connectivity index (χ1n) is 16.1. The highest BCUT2D eigenvalue weighted by atomic mass is 15.1. The van der Waals surface area contributed by atoms with Crippen LogP contribution in [0.25, 0.3) is 43.7 Å². The number of allylic oxidation sites excluding steroid dienone is 4. The van der Waals surface area contributed by atoms with Crippen molar-refractivity contribution in [1.82, 2.24) is 4.57 Å². The van der Waals surface area contributed by atoms with Gasteiger partial charge in [-0.1, -0.05) is 140 Å². The monoisotopic (exact) mass is 575 g/mol. The van der Waals surface area contributed by atoms with Gasteiger partial charge in [-0.2, -0.15) is 0 Å². The second kappa shape index (κ2) is 9.59. The van der Waals surface area contributed by atoms with Crippen LogP contribution in [0.2, 0.25) is 0 Å². The lowest BCUT2D eigenvalue weighted by Crippen LogP contribution is -2.39. The van der Waals surface area contributed by atoms with Gasteiger partial charge in [-0.3, -0.25) is 0 Å². The maximum Gasteiger partial charge on any atom is 0.0680 e. The summed E-state index contributed by atoms with van der Waals surface area (Å²) in [5.41, 5.74) is 11.3. The third-order valence-electron chi connectivity index (χ3n) is 10.7. The number of benzene rings is 5. The number of fused-ring (bicyclic) bond motifs is 8. The number of hydrogen-bond donors (Lipinski definition) is 0. The molecule has 2 aliphatic rings.